The highest BCUT2D eigenvalue weighted by Crippen LogP contribution is 2.20. The quantitative estimate of drug-likeness (QED) is 0.834. The molecule has 20 heavy (non-hydrogen) atoms. The van der Waals surface area contributed by atoms with Crippen LogP contribution in [-0.4, -0.2) is 57.0 Å². The topological polar surface area (TPSA) is 63.0 Å². The third-order valence-electron chi connectivity index (χ3n) is 3.25. The van der Waals surface area contributed by atoms with Crippen LogP contribution in [0.15, 0.2) is 21.6 Å². The summed E-state index contributed by atoms with van der Waals surface area (Å²) in [5.41, 5.74) is 0. The summed E-state index contributed by atoms with van der Waals surface area (Å²) in [6.45, 7) is 6.31. The van der Waals surface area contributed by atoms with Crippen LogP contribution in [0, 0.1) is 0 Å². The Balaban J connectivity index is 2.07. The van der Waals surface area contributed by atoms with Crippen LogP contribution in [0.5, 0.6) is 0 Å². The van der Waals surface area contributed by atoms with E-state index >= 15 is 0 Å². The molecule has 0 amide bonds. The van der Waals surface area contributed by atoms with E-state index in [9.17, 15) is 8.42 Å². The summed E-state index contributed by atoms with van der Waals surface area (Å²) in [4.78, 5) is 2.21. The predicted octanol–water partition coefficient (Wildman–Crippen LogP) is 1.14. The van der Waals surface area contributed by atoms with Gasteiger partial charge in [0.1, 0.15) is 5.76 Å². The molecule has 1 aromatic heterocycles. The maximum absolute atomic E-state index is 11.9. The smallest absolute Gasteiger partial charge is 0.275 e. The molecule has 0 aliphatic carbocycles. The maximum Gasteiger partial charge on any atom is 0.275 e. The van der Waals surface area contributed by atoms with Crippen LogP contribution in [0.3, 0.4) is 0 Å². The van der Waals surface area contributed by atoms with Crippen molar-refractivity contribution < 1.29 is 17.6 Å². The minimum absolute atomic E-state index is 0.00754. The van der Waals surface area contributed by atoms with E-state index in [-0.39, 0.29) is 17.3 Å². The van der Waals surface area contributed by atoms with Crippen LogP contribution in [0.1, 0.15) is 19.6 Å². The first-order valence-corrected chi connectivity index (χ1v) is 8.12. The van der Waals surface area contributed by atoms with Gasteiger partial charge in [-0.1, -0.05) is 0 Å². The molecular weight excluding hydrogens is 280 g/mol. The number of rotatable bonds is 4. The lowest BCUT2D eigenvalue weighted by Gasteiger charge is -2.34. The van der Waals surface area contributed by atoms with Crippen LogP contribution in [0.2, 0.25) is 0 Å². The second kappa shape index (κ2) is 5.85. The minimum atomic E-state index is -3.49. The molecule has 0 radical (unpaired) electrons. The Kier molecular flexibility index (Phi) is 4.53. The third kappa shape index (κ3) is 3.41. The Morgan fingerprint density at radius 2 is 1.85 bits per heavy atom. The number of nitrogens with zero attached hydrogens (tertiary/aromatic N) is 2. The summed E-state index contributed by atoms with van der Waals surface area (Å²) in [6, 6.07) is 3.24. The fourth-order valence-corrected chi connectivity index (χ4v) is 3.21. The van der Waals surface area contributed by atoms with Gasteiger partial charge in [0.25, 0.3) is 10.0 Å². The third-order valence-corrected chi connectivity index (χ3v) is 4.94. The molecule has 2 heterocycles. The average Bonchev–Trinajstić information content (AvgIpc) is 2.76. The van der Waals surface area contributed by atoms with Crippen molar-refractivity contribution in [1.29, 1.82) is 0 Å². The van der Waals surface area contributed by atoms with Crippen molar-refractivity contribution in [3.8, 4) is 0 Å². The van der Waals surface area contributed by atoms with Crippen LogP contribution in [0.4, 0.5) is 0 Å². The summed E-state index contributed by atoms with van der Waals surface area (Å²) in [5.74, 6) is 0.659. The van der Waals surface area contributed by atoms with Crippen molar-refractivity contribution in [2.24, 2.45) is 0 Å². The van der Waals surface area contributed by atoms with Crippen molar-refractivity contribution >= 4 is 10.0 Å². The molecule has 7 heteroatoms. The van der Waals surface area contributed by atoms with Gasteiger partial charge in [-0.15, -0.1) is 0 Å². The second-order valence-electron chi connectivity index (χ2n) is 5.46. The number of sulfonamides is 1. The molecule has 2 rings (SSSR count). The minimum Gasteiger partial charge on any atom is -0.447 e. The van der Waals surface area contributed by atoms with Gasteiger partial charge in [0.2, 0.25) is 5.09 Å². The molecule has 0 N–H and O–H groups in total. The molecule has 1 aliphatic heterocycles. The van der Waals surface area contributed by atoms with E-state index in [4.69, 9.17) is 9.15 Å². The van der Waals surface area contributed by atoms with Gasteiger partial charge in [0, 0.05) is 27.2 Å². The molecular formula is C13H22N2O4S. The largest absolute Gasteiger partial charge is 0.447 e. The normalized spacial score (nSPS) is 25.2. The summed E-state index contributed by atoms with van der Waals surface area (Å²) in [6.07, 6.45) is 0.359. The van der Waals surface area contributed by atoms with Gasteiger partial charge in [0.15, 0.2) is 0 Å². The lowest BCUT2D eigenvalue weighted by Crippen LogP contribution is -2.44. The van der Waals surface area contributed by atoms with E-state index in [0.717, 1.165) is 17.4 Å². The number of morpholine rings is 1. The highest BCUT2D eigenvalue weighted by atomic mass is 32.2. The number of hydrogen-bond acceptors (Lipinski definition) is 5. The molecule has 6 nitrogen and oxygen atoms in total. The van der Waals surface area contributed by atoms with Crippen LogP contribution in [0.25, 0.3) is 0 Å². The van der Waals surface area contributed by atoms with Gasteiger partial charge in [0.05, 0.1) is 18.8 Å². The Hall–Kier alpha value is -0.890. The van der Waals surface area contributed by atoms with Gasteiger partial charge in [-0.3, -0.25) is 4.90 Å². The van der Waals surface area contributed by atoms with E-state index in [1.54, 1.807) is 6.07 Å². The van der Waals surface area contributed by atoms with Gasteiger partial charge in [-0.25, -0.2) is 12.7 Å². The van der Waals surface area contributed by atoms with Gasteiger partial charge in [-0.05, 0) is 26.0 Å². The fraction of sp³-hybridized carbons (Fsp3) is 0.692. The lowest BCUT2D eigenvalue weighted by molar-refractivity contribution is -0.0720. The van der Waals surface area contributed by atoms with Crippen LogP contribution in [-0.2, 0) is 21.3 Å². The van der Waals surface area contributed by atoms with Crippen LogP contribution >= 0.6 is 0 Å². The molecule has 0 unspecified atom stereocenters. The first-order chi connectivity index (χ1) is 9.29. The zero-order valence-corrected chi connectivity index (χ0v) is 13.2. The molecule has 1 aliphatic rings. The summed E-state index contributed by atoms with van der Waals surface area (Å²) in [7, 11) is -0.517. The Labute approximate surface area is 120 Å². The summed E-state index contributed by atoms with van der Waals surface area (Å²) < 4.78 is 36.2. The average molecular weight is 302 g/mol. The van der Waals surface area contributed by atoms with Crippen molar-refractivity contribution in [2.75, 3.05) is 27.2 Å². The molecule has 114 valence electrons. The summed E-state index contributed by atoms with van der Waals surface area (Å²) >= 11 is 0. The standard InChI is InChI=1S/C13H22N2O4S/c1-10-7-15(8-11(2)18-10)9-12-5-6-13(19-12)20(16,17)14(3)4/h5-6,10-11H,7-9H2,1-4H3/t10-,11-/m1/s1. The van der Waals surface area contributed by atoms with E-state index in [1.165, 1.54) is 20.2 Å². The van der Waals surface area contributed by atoms with Gasteiger partial charge in [-0.2, -0.15) is 0 Å². The fourth-order valence-electron chi connectivity index (χ4n) is 2.40. The molecule has 1 saturated heterocycles. The molecule has 0 bridgehead atoms. The lowest BCUT2D eigenvalue weighted by atomic mass is 10.2. The van der Waals surface area contributed by atoms with E-state index in [2.05, 4.69) is 4.90 Å². The molecule has 2 atom stereocenters. The second-order valence-corrected chi connectivity index (χ2v) is 7.54. The Bertz CT molecular complexity index is 542. The Morgan fingerprint density at radius 3 is 2.40 bits per heavy atom. The molecule has 0 spiro atoms. The number of furan rings is 1. The molecule has 0 aromatic carbocycles. The van der Waals surface area contributed by atoms with E-state index in [1.807, 2.05) is 13.8 Å². The number of ether oxygens (including phenoxy) is 1. The first kappa shape index (κ1) is 15.5. The van der Waals surface area contributed by atoms with Gasteiger partial charge >= 0.3 is 0 Å². The molecule has 1 aromatic rings. The zero-order chi connectivity index (χ0) is 14.9. The zero-order valence-electron chi connectivity index (χ0n) is 12.4. The maximum atomic E-state index is 11.9. The number of hydrogen-bond donors (Lipinski definition) is 0. The van der Waals surface area contributed by atoms with Crippen molar-refractivity contribution in [1.82, 2.24) is 9.21 Å². The van der Waals surface area contributed by atoms with Crippen molar-refractivity contribution in [2.45, 2.75) is 37.7 Å². The highest BCUT2D eigenvalue weighted by Gasteiger charge is 2.25. The van der Waals surface area contributed by atoms with Crippen molar-refractivity contribution in [3.05, 3.63) is 17.9 Å². The Morgan fingerprint density at radius 1 is 1.25 bits per heavy atom. The highest BCUT2D eigenvalue weighted by molar-refractivity contribution is 7.88. The molecule has 0 saturated carbocycles. The van der Waals surface area contributed by atoms with Crippen molar-refractivity contribution in [3.63, 3.8) is 0 Å². The van der Waals surface area contributed by atoms with E-state index < -0.39 is 10.0 Å². The SMILES string of the molecule is C[C@@H]1CN(Cc2ccc(S(=O)(=O)N(C)C)o2)C[C@@H](C)O1. The first-order valence-electron chi connectivity index (χ1n) is 6.68. The van der Waals surface area contributed by atoms with Crippen LogP contribution < -0.4 is 0 Å². The predicted molar refractivity (Wildman–Crippen MR) is 74.9 cm³/mol. The summed E-state index contributed by atoms with van der Waals surface area (Å²) in [5, 5.41) is -0.00754. The van der Waals surface area contributed by atoms with Gasteiger partial charge < -0.3 is 9.15 Å². The molecule has 1 fully saturated rings. The monoisotopic (exact) mass is 302 g/mol. The van der Waals surface area contributed by atoms with E-state index in [0.29, 0.717) is 12.3 Å².